The topological polar surface area (TPSA) is 108 Å². The van der Waals surface area contributed by atoms with Gasteiger partial charge in [-0.25, -0.2) is 4.79 Å². The third-order valence-electron chi connectivity index (χ3n) is 4.91. The van der Waals surface area contributed by atoms with Crippen LogP contribution in [0.1, 0.15) is 27.4 Å². The maximum Gasteiger partial charge on any atom is 0.345 e. The summed E-state index contributed by atoms with van der Waals surface area (Å²) in [6.45, 7) is 3.94. The summed E-state index contributed by atoms with van der Waals surface area (Å²) in [5.41, 5.74) is 3.27. The molecule has 3 N–H and O–H groups in total. The predicted octanol–water partition coefficient (Wildman–Crippen LogP) is 3.95. The molecule has 2 heterocycles. The van der Waals surface area contributed by atoms with E-state index in [0.29, 0.717) is 34.8 Å². The summed E-state index contributed by atoms with van der Waals surface area (Å²) in [5.74, 6) is 1.45. The molecule has 156 valence electrons. The number of hydrogen-bond acceptors (Lipinski definition) is 5. The molecule has 0 spiro atoms. The number of rotatable bonds is 5. The molecule has 0 fully saturated rings. The van der Waals surface area contributed by atoms with Crippen molar-refractivity contribution in [3.05, 3.63) is 93.8 Å². The first-order valence-electron chi connectivity index (χ1n) is 9.74. The second-order valence-corrected chi connectivity index (χ2v) is 7.26. The smallest absolute Gasteiger partial charge is 0.345 e. The zero-order chi connectivity index (χ0) is 22.0. The number of nitrogens with zero attached hydrogens (tertiary/aromatic N) is 1. The molecule has 0 radical (unpaired) electrons. The van der Waals surface area contributed by atoms with Gasteiger partial charge in [0.25, 0.3) is 5.91 Å². The van der Waals surface area contributed by atoms with Crippen LogP contribution in [0.4, 0.5) is 0 Å². The van der Waals surface area contributed by atoms with Gasteiger partial charge in [-0.1, -0.05) is 12.1 Å². The van der Waals surface area contributed by atoms with Gasteiger partial charge in [-0.05, 0) is 73.5 Å². The molecule has 0 bridgehead atoms. The lowest BCUT2D eigenvalue weighted by Crippen LogP contribution is -2.22. The van der Waals surface area contributed by atoms with Crippen LogP contribution >= 0.6 is 0 Å². The van der Waals surface area contributed by atoms with Gasteiger partial charge in [0, 0.05) is 11.1 Å². The molecule has 2 aromatic heterocycles. The molecule has 1 amide bonds. The van der Waals surface area contributed by atoms with Gasteiger partial charge in [0.2, 0.25) is 0 Å². The zero-order valence-corrected chi connectivity index (χ0v) is 17.1. The summed E-state index contributed by atoms with van der Waals surface area (Å²) in [7, 11) is 0. The molecule has 4 aromatic rings. The standard InChI is InChI=1S/C24H21N3O4/c1-14-11-18(8-10-22(14)28)21-12-20(26-24(30)27-21)16-4-6-17(7-5-16)23(29)25-13-19-9-3-15(2)31-19/h3-12,28H,13H2,1-2H3,(H,25,29)(H,26,27,30). The molecule has 0 saturated heterocycles. The number of phenolic OH excluding ortho intramolecular Hbond substituents is 1. The highest BCUT2D eigenvalue weighted by molar-refractivity contribution is 5.94. The van der Waals surface area contributed by atoms with Crippen LogP contribution < -0.4 is 11.0 Å². The van der Waals surface area contributed by atoms with Gasteiger partial charge < -0.3 is 19.8 Å². The Bertz CT molecular complexity index is 1300. The van der Waals surface area contributed by atoms with Crippen molar-refractivity contribution in [3.8, 4) is 28.3 Å². The normalized spacial score (nSPS) is 10.8. The van der Waals surface area contributed by atoms with E-state index in [0.717, 1.165) is 16.9 Å². The van der Waals surface area contributed by atoms with Gasteiger partial charge in [0.1, 0.15) is 17.3 Å². The van der Waals surface area contributed by atoms with E-state index in [1.807, 2.05) is 19.1 Å². The van der Waals surface area contributed by atoms with E-state index < -0.39 is 5.69 Å². The van der Waals surface area contributed by atoms with E-state index in [9.17, 15) is 14.7 Å². The lowest BCUT2D eigenvalue weighted by molar-refractivity contribution is 0.0948. The number of benzene rings is 2. The highest BCUT2D eigenvalue weighted by Gasteiger charge is 2.10. The molecule has 0 aliphatic heterocycles. The molecule has 0 saturated carbocycles. The number of nitrogens with one attached hydrogen (secondary N) is 2. The SMILES string of the molecule is Cc1ccc(CNC(=O)c2ccc(-c3cc(-c4ccc(O)c(C)c4)nc(=O)[nH]3)cc2)o1. The van der Waals surface area contributed by atoms with Crippen molar-refractivity contribution in [3.63, 3.8) is 0 Å². The van der Waals surface area contributed by atoms with Crippen molar-refractivity contribution in [2.24, 2.45) is 0 Å². The van der Waals surface area contributed by atoms with Gasteiger partial charge >= 0.3 is 5.69 Å². The Kier molecular flexibility index (Phi) is 5.41. The zero-order valence-electron chi connectivity index (χ0n) is 17.1. The van der Waals surface area contributed by atoms with Crippen molar-refractivity contribution in [2.45, 2.75) is 20.4 Å². The molecule has 7 nitrogen and oxygen atoms in total. The molecule has 0 aliphatic carbocycles. The first kappa shape index (κ1) is 20.2. The average molecular weight is 415 g/mol. The highest BCUT2D eigenvalue weighted by atomic mass is 16.3. The van der Waals surface area contributed by atoms with Crippen molar-refractivity contribution in [1.82, 2.24) is 15.3 Å². The summed E-state index contributed by atoms with van der Waals surface area (Å²) in [4.78, 5) is 31.3. The summed E-state index contributed by atoms with van der Waals surface area (Å²) in [5, 5.41) is 12.5. The largest absolute Gasteiger partial charge is 0.508 e. The van der Waals surface area contributed by atoms with Crippen LogP contribution in [-0.2, 0) is 6.54 Å². The van der Waals surface area contributed by atoms with Crippen LogP contribution in [0.15, 0.2) is 69.9 Å². The number of H-pyrrole nitrogens is 1. The molecule has 0 aliphatic rings. The Hall–Kier alpha value is -4.13. The van der Waals surface area contributed by atoms with Crippen LogP contribution in [0.25, 0.3) is 22.5 Å². The lowest BCUT2D eigenvalue weighted by Gasteiger charge is -2.08. The van der Waals surface area contributed by atoms with Crippen molar-refractivity contribution in [1.29, 1.82) is 0 Å². The molecular formula is C24H21N3O4. The number of aromatic nitrogens is 2. The number of hydrogen-bond donors (Lipinski definition) is 3. The number of aromatic amines is 1. The second-order valence-electron chi connectivity index (χ2n) is 7.26. The Labute approximate surface area is 178 Å². The number of aryl methyl sites for hydroxylation is 2. The number of phenols is 1. The summed E-state index contributed by atoms with van der Waals surface area (Å²) in [6.07, 6.45) is 0. The third-order valence-corrected chi connectivity index (χ3v) is 4.91. The minimum absolute atomic E-state index is 0.185. The Morgan fingerprint density at radius 3 is 2.45 bits per heavy atom. The van der Waals surface area contributed by atoms with Crippen LogP contribution in [0.3, 0.4) is 0 Å². The number of amides is 1. The number of carbonyl (C=O) groups excluding carboxylic acids is 1. The fourth-order valence-electron chi connectivity index (χ4n) is 3.23. The van der Waals surface area contributed by atoms with Crippen LogP contribution in [0.5, 0.6) is 5.75 Å². The van der Waals surface area contributed by atoms with Gasteiger partial charge in [0.05, 0.1) is 17.9 Å². The van der Waals surface area contributed by atoms with Crippen LogP contribution in [0.2, 0.25) is 0 Å². The summed E-state index contributed by atoms with van der Waals surface area (Å²) < 4.78 is 5.45. The minimum Gasteiger partial charge on any atom is -0.508 e. The first-order valence-corrected chi connectivity index (χ1v) is 9.74. The lowest BCUT2D eigenvalue weighted by atomic mass is 10.0. The monoisotopic (exact) mass is 415 g/mol. The fourth-order valence-corrected chi connectivity index (χ4v) is 3.23. The van der Waals surface area contributed by atoms with Gasteiger partial charge in [-0.3, -0.25) is 4.79 Å². The maximum atomic E-state index is 12.4. The van der Waals surface area contributed by atoms with E-state index in [-0.39, 0.29) is 11.7 Å². The van der Waals surface area contributed by atoms with Gasteiger partial charge in [-0.2, -0.15) is 4.98 Å². The predicted molar refractivity (Wildman–Crippen MR) is 117 cm³/mol. The van der Waals surface area contributed by atoms with Crippen LogP contribution in [-0.4, -0.2) is 21.0 Å². The molecular weight excluding hydrogens is 394 g/mol. The quantitative estimate of drug-likeness (QED) is 0.457. The molecule has 0 unspecified atom stereocenters. The Balaban J connectivity index is 1.54. The average Bonchev–Trinajstić information content (AvgIpc) is 3.18. The Morgan fingerprint density at radius 1 is 1.03 bits per heavy atom. The fraction of sp³-hybridized carbons (Fsp3) is 0.125. The highest BCUT2D eigenvalue weighted by Crippen LogP contribution is 2.26. The first-order chi connectivity index (χ1) is 14.9. The minimum atomic E-state index is -0.478. The molecule has 2 aromatic carbocycles. The van der Waals surface area contributed by atoms with Crippen molar-refractivity contribution in [2.75, 3.05) is 0 Å². The second kappa shape index (κ2) is 8.31. The van der Waals surface area contributed by atoms with E-state index in [2.05, 4.69) is 15.3 Å². The van der Waals surface area contributed by atoms with E-state index in [4.69, 9.17) is 4.42 Å². The number of aromatic hydroxyl groups is 1. The molecule has 7 heteroatoms. The van der Waals surface area contributed by atoms with E-state index in [1.54, 1.807) is 55.5 Å². The summed E-state index contributed by atoms with van der Waals surface area (Å²) in [6, 6.07) is 17.4. The van der Waals surface area contributed by atoms with Crippen molar-refractivity contribution < 1.29 is 14.3 Å². The Morgan fingerprint density at radius 2 is 1.77 bits per heavy atom. The molecule has 4 rings (SSSR count). The number of carbonyl (C=O) groups is 1. The summed E-state index contributed by atoms with van der Waals surface area (Å²) >= 11 is 0. The molecule has 31 heavy (non-hydrogen) atoms. The maximum absolute atomic E-state index is 12.4. The van der Waals surface area contributed by atoms with Gasteiger partial charge in [-0.15, -0.1) is 0 Å². The van der Waals surface area contributed by atoms with E-state index >= 15 is 0 Å². The number of furan rings is 1. The molecule has 0 atom stereocenters. The van der Waals surface area contributed by atoms with Crippen LogP contribution in [0, 0.1) is 13.8 Å². The van der Waals surface area contributed by atoms with Gasteiger partial charge in [0.15, 0.2) is 0 Å². The third kappa shape index (κ3) is 4.56. The van der Waals surface area contributed by atoms with Crippen molar-refractivity contribution >= 4 is 5.91 Å². The van der Waals surface area contributed by atoms with E-state index in [1.165, 1.54) is 0 Å².